The number of methoxy groups -OCH3 is 2. The van der Waals surface area contributed by atoms with Gasteiger partial charge in [-0.15, -0.1) is 0 Å². The monoisotopic (exact) mass is 260 g/mol. The van der Waals surface area contributed by atoms with E-state index in [2.05, 4.69) is 0 Å². The first-order valence-electron chi connectivity index (χ1n) is 5.67. The van der Waals surface area contributed by atoms with Crippen molar-refractivity contribution >= 4 is 6.29 Å². The summed E-state index contributed by atoms with van der Waals surface area (Å²) in [6.45, 7) is 0. The van der Waals surface area contributed by atoms with Crippen molar-refractivity contribution in [2.45, 2.75) is 0 Å². The molecule has 0 saturated carbocycles. The second-order valence-electron chi connectivity index (χ2n) is 3.90. The Morgan fingerprint density at radius 3 is 2.42 bits per heavy atom. The molecule has 0 spiro atoms. The second kappa shape index (κ2) is 5.52. The molecule has 0 aliphatic carbocycles. The van der Waals surface area contributed by atoms with Crippen molar-refractivity contribution in [3.63, 3.8) is 0 Å². The van der Waals surface area contributed by atoms with Crippen LogP contribution in [-0.2, 0) is 0 Å². The summed E-state index contributed by atoms with van der Waals surface area (Å²) in [6, 6.07) is 9.53. The van der Waals surface area contributed by atoms with E-state index in [0.717, 1.165) is 0 Å². The highest BCUT2D eigenvalue weighted by molar-refractivity contribution is 5.79. The fourth-order valence-corrected chi connectivity index (χ4v) is 1.92. The predicted octanol–water partition coefficient (Wildman–Crippen LogP) is 3.32. The standard InChI is InChI=1S/C15H13FO3/c1-18-14-5-3-4-12(15(14)19-2)11-7-6-10(9-17)8-13(11)16/h3-9H,1-2H3. The summed E-state index contributed by atoms with van der Waals surface area (Å²) in [5.74, 6) is 0.512. The molecule has 0 amide bonds. The van der Waals surface area contributed by atoms with Crippen LogP contribution in [0.1, 0.15) is 10.4 Å². The van der Waals surface area contributed by atoms with Gasteiger partial charge in [0.2, 0.25) is 0 Å². The summed E-state index contributed by atoms with van der Waals surface area (Å²) in [6.07, 6.45) is 0.607. The minimum atomic E-state index is -0.476. The van der Waals surface area contributed by atoms with Crippen LogP contribution in [0.3, 0.4) is 0 Å². The molecule has 0 atom stereocenters. The molecule has 2 aromatic carbocycles. The Labute approximate surface area is 110 Å². The van der Waals surface area contributed by atoms with Crippen LogP contribution < -0.4 is 9.47 Å². The number of carbonyl (C=O) groups is 1. The number of hydrogen-bond acceptors (Lipinski definition) is 3. The molecule has 0 bridgehead atoms. The molecule has 2 aromatic rings. The first-order chi connectivity index (χ1) is 9.21. The Balaban J connectivity index is 2.61. The lowest BCUT2D eigenvalue weighted by molar-refractivity contribution is 0.112. The van der Waals surface area contributed by atoms with Crippen LogP contribution in [0.2, 0.25) is 0 Å². The van der Waals surface area contributed by atoms with Gasteiger partial charge >= 0.3 is 0 Å². The van der Waals surface area contributed by atoms with E-state index in [1.165, 1.54) is 20.3 Å². The summed E-state index contributed by atoms with van der Waals surface area (Å²) in [5.41, 5.74) is 1.24. The van der Waals surface area contributed by atoms with E-state index in [0.29, 0.717) is 34.5 Å². The molecule has 0 aliphatic rings. The zero-order chi connectivity index (χ0) is 13.8. The maximum absolute atomic E-state index is 14.0. The van der Waals surface area contributed by atoms with Gasteiger partial charge in [0, 0.05) is 16.7 Å². The topological polar surface area (TPSA) is 35.5 Å². The van der Waals surface area contributed by atoms with E-state index in [1.807, 2.05) is 0 Å². The largest absolute Gasteiger partial charge is 0.493 e. The van der Waals surface area contributed by atoms with Crippen LogP contribution in [0.15, 0.2) is 36.4 Å². The Hall–Kier alpha value is -2.36. The van der Waals surface area contributed by atoms with Crippen molar-refractivity contribution in [1.29, 1.82) is 0 Å². The van der Waals surface area contributed by atoms with E-state index in [4.69, 9.17) is 9.47 Å². The quantitative estimate of drug-likeness (QED) is 0.791. The van der Waals surface area contributed by atoms with Crippen molar-refractivity contribution in [1.82, 2.24) is 0 Å². The normalized spacial score (nSPS) is 10.1. The van der Waals surface area contributed by atoms with Crippen LogP contribution in [0.4, 0.5) is 4.39 Å². The van der Waals surface area contributed by atoms with E-state index in [1.54, 1.807) is 30.3 Å². The fourth-order valence-electron chi connectivity index (χ4n) is 1.92. The van der Waals surface area contributed by atoms with Gasteiger partial charge in [0.05, 0.1) is 14.2 Å². The molecule has 4 heteroatoms. The minimum absolute atomic E-state index is 0.295. The zero-order valence-electron chi connectivity index (χ0n) is 10.6. The zero-order valence-corrected chi connectivity index (χ0v) is 10.6. The van der Waals surface area contributed by atoms with Crippen molar-refractivity contribution in [2.24, 2.45) is 0 Å². The summed E-state index contributed by atoms with van der Waals surface area (Å²) in [7, 11) is 3.02. The average Bonchev–Trinajstić information content (AvgIpc) is 2.46. The third-order valence-electron chi connectivity index (χ3n) is 2.82. The molecule has 0 aromatic heterocycles. The molecule has 0 fully saturated rings. The van der Waals surface area contributed by atoms with Gasteiger partial charge in [0.25, 0.3) is 0 Å². The lowest BCUT2D eigenvalue weighted by Crippen LogP contribution is -1.95. The Morgan fingerprint density at radius 1 is 1.05 bits per heavy atom. The molecule has 0 unspecified atom stereocenters. The summed E-state index contributed by atoms with van der Waals surface area (Å²) in [4.78, 5) is 10.6. The molecule has 98 valence electrons. The molecular weight excluding hydrogens is 247 g/mol. The summed E-state index contributed by atoms with van der Waals surface area (Å²) < 4.78 is 24.5. The highest BCUT2D eigenvalue weighted by atomic mass is 19.1. The molecule has 0 heterocycles. The molecule has 2 rings (SSSR count). The second-order valence-corrected chi connectivity index (χ2v) is 3.90. The molecule has 0 N–H and O–H groups in total. The van der Waals surface area contributed by atoms with Gasteiger partial charge in [-0.05, 0) is 12.1 Å². The third-order valence-corrected chi connectivity index (χ3v) is 2.82. The van der Waals surface area contributed by atoms with Crippen molar-refractivity contribution < 1.29 is 18.7 Å². The number of halogens is 1. The number of carbonyl (C=O) groups excluding carboxylic acids is 1. The third kappa shape index (κ3) is 2.42. The van der Waals surface area contributed by atoms with Gasteiger partial charge < -0.3 is 9.47 Å². The first kappa shape index (κ1) is 13.1. The molecule has 19 heavy (non-hydrogen) atoms. The van der Waals surface area contributed by atoms with Gasteiger partial charge in [-0.3, -0.25) is 4.79 Å². The van der Waals surface area contributed by atoms with Gasteiger partial charge in [-0.25, -0.2) is 4.39 Å². The molecule has 0 radical (unpaired) electrons. The minimum Gasteiger partial charge on any atom is -0.493 e. The van der Waals surface area contributed by atoms with E-state index < -0.39 is 5.82 Å². The molecule has 3 nitrogen and oxygen atoms in total. The summed E-state index contributed by atoms with van der Waals surface area (Å²) >= 11 is 0. The first-order valence-corrected chi connectivity index (χ1v) is 5.67. The van der Waals surface area contributed by atoms with Crippen LogP contribution in [0, 0.1) is 5.82 Å². The molecular formula is C15H13FO3. The predicted molar refractivity (Wildman–Crippen MR) is 70.3 cm³/mol. The van der Waals surface area contributed by atoms with E-state index >= 15 is 0 Å². The van der Waals surface area contributed by atoms with Crippen molar-refractivity contribution in [3.05, 3.63) is 47.8 Å². The van der Waals surface area contributed by atoms with Crippen molar-refractivity contribution in [3.8, 4) is 22.6 Å². The number of rotatable bonds is 4. The Morgan fingerprint density at radius 2 is 1.84 bits per heavy atom. The highest BCUT2D eigenvalue weighted by Gasteiger charge is 2.14. The van der Waals surface area contributed by atoms with Crippen LogP contribution in [-0.4, -0.2) is 20.5 Å². The number of aldehydes is 1. The van der Waals surface area contributed by atoms with Crippen LogP contribution in [0.5, 0.6) is 11.5 Å². The van der Waals surface area contributed by atoms with Crippen molar-refractivity contribution in [2.75, 3.05) is 14.2 Å². The SMILES string of the molecule is COc1cccc(-c2ccc(C=O)cc2F)c1OC. The number of hydrogen-bond donors (Lipinski definition) is 0. The van der Waals surface area contributed by atoms with Gasteiger partial charge in [-0.2, -0.15) is 0 Å². The molecule has 0 aliphatic heterocycles. The number of benzene rings is 2. The maximum atomic E-state index is 14.0. The number of para-hydroxylation sites is 1. The maximum Gasteiger partial charge on any atom is 0.168 e. The van der Waals surface area contributed by atoms with Crippen LogP contribution in [0.25, 0.3) is 11.1 Å². The van der Waals surface area contributed by atoms with Gasteiger partial charge in [0.1, 0.15) is 12.1 Å². The highest BCUT2D eigenvalue weighted by Crippen LogP contribution is 2.38. The fraction of sp³-hybridized carbons (Fsp3) is 0.133. The summed E-state index contributed by atoms with van der Waals surface area (Å²) in [5, 5.41) is 0. The Bertz CT molecular complexity index is 608. The van der Waals surface area contributed by atoms with Gasteiger partial charge in [0.15, 0.2) is 11.5 Å². The van der Waals surface area contributed by atoms with E-state index in [-0.39, 0.29) is 0 Å². The smallest absolute Gasteiger partial charge is 0.168 e. The van der Waals surface area contributed by atoms with Gasteiger partial charge in [-0.1, -0.05) is 24.3 Å². The average molecular weight is 260 g/mol. The molecule has 0 saturated heterocycles. The lowest BCUT2D eigenvalue weighted by Gasteiger charge is -2.13. The Kier molecular flexibility index (Phi) is 3.80. The van der Waals surface area contributed by atoms with Crippen LogP contribution >= 0.6 is 0 Å². The number of ether oxygens (including phenoxy) is 2. The lowest BCUT2D eigenvalue weighted by atomic mass is 10.0. The van der Waals surface area contributed by atoms with E-state index in [9.17, 15) is 9.18 Å².